The van der Waals surface area contributed by atoms with Gasteiger partial charge in [-0.1, -0.05) is 19.1 Å². The Labute approximate surface area is 125 Å². The number of amides is 1. The quantitative estimate of drug-likeness (QED) is 0.868. The molecule has 0 saturated carbocycles. The highest BCUT2D eigenvalue weighted by atomic mass is 32.2. The van der Waals surface area contributed by atoms with Crippen LogP contribution in [-0.4, -0.2) is 28.7 Å². The van der Waals surface area contributed by atoms with Gasteiger partial charge in [-0.25, -0.2) is 0 Å². The van der Waals surface area contributed by atoms with Crippen LogP contribution in [0.2, 0.25) is 0 Å². The van der Waals surface area contributed by atoms with Gasteiger partial charge in [-0.05, 0) is 38.2 Å². The highest BCUT2D eigenvalue weighted by molar-refractivity contribution is 8.01. The molecule has 1 amide bonds. The lowest BCUT2D eigenvalue weighted by atomic mass is 9.73. The molecule has 1 aliphatic carbocycles. The lowest BCUT2D eigenvalue weighted by Crippen LogP contribution is -2.45. The predicted molar refractivity (Wildman–Crippen MR) is 85.0 cm³/mol. The van der Waals surface area contributed by atoms with Gasteiger partial charge in [0.1, 0.15) is 0 Å². The molecule has 2 aliphatic heterocycles. The number of rotatable bonds is 3. The predicted octanol–water partition coefficient (Wildman–Crippen LogP) is 2.94. The van der Waals surface area contributed by atoms with Crippen molar-refractivity contribution in [2.24, 2.45) is 16.8 Å². The van der Waals surface area contributed by atoms with Crippen LogP contribution >= 0.6 is 11.8 Å². The molecular formula is C16H22N2OS. The molecule has 0 bridgehead atoms. The summed E-state index contributed by atoms with van der Waals surface area (Å²) in [6.45, 7) is 4.18. The molecule has 4 unspecified atom stereocenters. The van der Waals surface area contributed by atoms with Crippen molar-refractivity contribution in [3.05, 3.63) is 23.9 Å². The summed E-state index contributed by atoms with van der Waals surface area (Å²) in [5.74, 6) is 1.67. The smallest absolute Gasteiger partial charge is 0.224 e. The third-order valence-corrected chi connectivity index (χ3v) is 6.50. The molecule has 0 aromatic carbocycles. The van der Waals surface area contributed by atoms with Crippen molar-refractivity contribution in [1.29, 1.82) is 0 Å². The molecule has 2 heterocycles. The van der Waals surface area contributed by atoms with Crippen LogP contribution < -0.4 is 5.32 Å². The molecule has 20 heavy (non-hydrogen) atoms. The Bertz CT molecular complexity index is 497. The van der Waals surface area contributed by atoms with Crippen molar-refractivity contribution in [1.82, 2.24) is 5.32 Å². The molecule has 1 saturated heterocycles. The minimum absolute atomic E-state index is 0.0565. The van der Waals surface area contributed by atoms with Crippen LogP contribution in [0.3, 0.4) is 0 Å². The third kappa shape index (κ3) is 2.14. The molecule has 1 N–H and O–H groups in total. The number of allylic oxidation sites excluding steroid dienone is 3. The van der Waals surface area contributed by atoms with Gasteiger partial charge >= 0.3 is 0 Å². The maximum atomic E-state index is 12.5. The average Bonchev–Trinajstić information content (AvgIpc) is 2.84. The SMILES string of the molecule is CCC(C)NC(=O)C1CSC23CC=CC=C2N=CCC13. The monoisotopic (exact) mass is 290 g/mol. The summed E-state index contributed by atoms with van der Waals surface area (Å²) >= 11 is 1.93. The van der Waals surface area contributed by atoms with Crippen molar-refractivity contribution >= 4 is 23.9 Å². The summed E-state index contributed by atoms with van der Waals surface area (Å²) < 4.78 is 0.0565. The Morgan fingerprint density at radius 3 is 3.30 bits per heavy atom. The Morgan fingerprint density at radius 1 is 1.65 bits per heavy atom. The Balaban J connectivity index is 1.81. The molecule has 0 aromatic rings. The van der Waals surface area contributed by atoms with E-state index in [1.807, 2.05) is 18.0 Å². The van der Waals surface area contributed by atoms with Gasteiger partial charge in [0.2, 0.25) is 5.91 Å². The second-order valence-corrected chi connectivity index (χ2v) is 7.31. The number of nitrogens with zero attached hydrogens (tertiary/aromatic N) is 1. The largest absolute Gasteiger partial charge is 0.353 e. The Morgan fingerprint density at radius 2 is 2.50 bits per heavy atom. The first kappa shape index (κ1) is 13.9. The fourth-order valence-electron chi connectivity index (χ4n) is 3.39. The lowest BCUT2D eigenvalue weighted by Gasteiger charge is -2.39. The van der Waals surface area contributed by atoms with E-state index in [1.54, 1.807) is 0 Å². The minimum atomic E-state index is 0.0565. The summed E-state index contributed by atoms with van der Waals surface area (Å²) in [6, 6.07) is 0.266. The number of carbonyl (C=O) groups excluding carboxylic acids is 1. The standard InChI is InChI=1S/C16H22N2OS/c1-3-11(2)18-15(19)12-10-20-16-8-5-4-6-14(16)17-9-7-13(12)16/h4-6,9,11-13H,3,7-8,10H2,1-2H3,(H,18,19). The highest BCUT2D eigenvalue weighted by Gasteiger charge is 2.54. The van der Waals surface area contributed by atoms with E-state index in [-0.39, 0.29) is 22.6 Å². The molecule has 1 fully saturated rings. The Kier molecular flexibility index (Phi) is 3.76. The van der Waals surface area contributed by atoms with Gasteiger partial charge in [-0.15, -0.1) is 11.8 Å². The van der Waals surface area contributed by atoms with E-state index < -0.39 is 0 Å². The zero-order chi connectivity index (χ0) is 14.2. The molecule has 3 nitrogen and oxygen atoms in total. The van der Waals surface area contributed by atoms with Gasteiger partial charge in [0, 0.05) is 18.0 Å². The summed E-state index contributed by atoms with van der Waals surface area (Å²) in [5.41, 5.74) is 1.17. The van der Waals surface area contributed by atoms with Crippen molar-refractivity contribution in [3.8, 4) is 0 Å². The molecule has 1 spiro atoms. The van der Waals surface area contributed by atoms with Gasteiger partial charge in [0.05, 0.1) is 16.4 Å². The number of nitrogens with one attached hydrogen (secondary N) is 1. The van der Waals surface area contributed by atoms with E-state index in [1.165, 1.54) is 5.70 Å². The van der Waals surface area contributed by atoms with E-state index in [2.05, 4.69) is 42.4 Å². The molecular weight excluding hydrogens is 268 g/mol. The number of aliphatic imine (C=N–C) groups is 1. The zero-order valence-electron chi connectivity index (χ0n) is 12.1. The maximum absolute atomic E-state index is 12.5. The number of carbonyl (C=O) groups is 1. The zero-order valence-corrected chi connectivity index (χ0v) is 13.0. The van der Waals surface area contributed by atoms with Gasteiger partial charge in [-0.2, -0.15) is 0 Å². The van der Waals surface area contributed by atoms with Crippen LogP contribution in [0, 0.1) is 11.8 Å². The van der Waals surface area contributed by atoms with Gasteiger partial charge in [0.25, 0.3) is 0 Å². The summed E-state index contributed by atoms with van der Waals surface area (Å²) in [5, 5.41) is 3.16. The topological polar surface area (TPSA) is 41.5 Å². The fourth-order valence-corrected chi connectivity index (χ4v) is 5.21. The first-order chi connectivity index (χ1) is 9.67. The summed E-state index contributed by atoms with van der Waals surface area (Å²) in [4.78, 5) is 17.1. The normalized spacial score (nSPS) is 36.0. The van der Waals surface area contributed by atoms with E-state index in [0.717, 1.165) is 25.0 Å². The third-order valence-electron chi connectivity index (χ3n) is 4.78. The summed E-state index contributed by atoms with van der Waals surface area (Å²) in [6.07, 6.45) is 11.4. The average molecular weight is 290 g/mol. The van der Waals surface area contributed by atoms with Crippen molar-refractivity contribution in [2.75, 3.05) is 5.75 Å². The van der Waals surface area contributed by atoms with E-state index in [9.17, 15) is 4.79 Å². The van der Waals surface area contributed by atoms with Crippen molar-refractivity contribution in [2.45, 2.75) is 43.9 Å². The second kappa shape index (κ2) is 5.40. The molecule has 4 atom stereocenters. The van der Waals surface area contributed by atoms with Crippen LogP contribution in [-0.2, 0) is 4.79 Å². The molecule has 0 aromatic heterocycles. The maximum Gasteiger partial charge on any atom is 0.224 e. The van der Waals surface area contributed by atoms with E-state index >= 15 is 0 Å². The van der Waals surface area contributed by atoms with Crippen LogP contribution in [0.25, 0.3) is 0 Å². The van der Waals surface area contributed by atoms with Crippen LogP contribution in [0.4, 0.5) is 0 Å². The van der Waals surface area contributed by atoms with Crippen LogP contribution in [0.1, 0.15) is 33.1 Å². The van der Waals surface area contributed by atoms with Crippen molar-refractivity contribution in [3.63, 3.8) is 0 Å². The molecule has 3 rings (SSSR count). The molecule has 0 radical (unpaired) electrons. The van der Waals surface area contributed by atoms with Crippen LogP contribution in [0.15, 0.2) is 28.9 Å². The summed E-state index contributed by atoms with van der Waals surface area (Å²) in [7, 11) is 0. The number of hydrogen-bond acceptors (Lipinski definition) is 3. The highest BCUT2D eigenvalue weighted by Crippen LogP contribution is 2.56. The molecule has 108 valence electrons. The first-order valence-electron chi connectivity index (χ1n) is 7.51. The Hall–Kier alpha value is -1.03. The first-order valence-corrected chi connectivity index (χ1v) is 8.50. The lowest BCUT2D eigenvalue weighted by molar-refractivity contribution is -0.126. The van der Waals surface area contributed by atoms with Gasteiger partial charge in [0.15, 0.2) is 0 Å². The van der Waals surface area contributed by atoms with Crippen molar-refractivity contribution < 1.29 is 4.79 Å². The number of hydrogen-bond donors (Lipinski definition) is 1. The minimum Gasteiger partial charge on any atom is -0.353 e. The molecule has 4 heteroatoms. The molecule has 3 aliphatic rings. The van der Waals surface area contributed by atoms with E-state index in [4.69, 9.17) is 0 Å². The van der Waals surface area contributed by atoms with Gasteiger partial charge < -0.3 is 5.32 Å². The second-order valence-electron chi connectivity index (χ2n) is 5.96. The van der Waals surface area contributed by atoms with Gasteiger partial charge in [-0.3, -0.25) is 9.79 Å². The van der Waals surface area contributed by atoms with E-state index in [0.29, 0.717) is 5.92 Å². The van der Waals surface area contributed by atoms with Crippen LogP contribution in [0.5, 0.6) is 0 Å². The fraction of sp³-hybridized carbons (Fsp3) is 0.625. The number of thioether (sulfide) groups is 1.